The van der Waals surface area contributed by atoms with E-state index in [1.54, 1.807) is 18.2 Å². The Hall–Kier alpha value is -2.14. The third kappa shape index (κ3) is 5.16. The lowest BCUT2D eigenvalue weighted by molar-refractivity contribution is -0.112. The zero-order valence-electron chi connectivity index (χ0n) is 15.7. The number of anilines is 1. The molecule has 0 heterocycles. The van der Waals surface area contributed by atoms with E-state index in [-0.39, 0.29) is 11.3 Å². The summed E-state index contributed by atoms with van der Waals surface area (Å²) < 4.78 is 0. The van der Waals surface area contributed by atoms with Gasteiger partial charge < -0.3 is 16.0 Å². The summed E-state index contributed by atoms with van der Waals surface area (Å²) >= 11 is 0. The summed E-state index contributed by atoms with van der Waals surface area (Å²) in [5.41, 5.74) is 8.61. The van der Waals surface area contributed by atoms with Crippen molar-refractivity contribution in [1.29, 1.82) is 0 Å². The molecule has 1 fully saturated rings. The Morgan fingerprint density at radius 1 is 1.28 bits per heavy atom. The van der Waals surface area contributed by atoms with Crippen molar-refractivity contribution in [3.8, 4) is 0 Å². The van der Waals surface area contributed by atoms with Gasteiger partial charge in [0, 0.05) is 23.9 Å². The normalized spacial score (nSPS) is 18.4. The molecule has 3 N–H and O–H groups in total. The summed E-state index contributed by atoms with van der Waals surface area (Å²) in [6, 6.07) is 5.19. The number of allylic oxidation sites excluding steroid dienone is 1. The Balaban J connectivity index is 2.26. The molecule has 0 radical (unpaired) electrons. The van der Waals surface area contributed by atoms with Gasteiger partial charge in [-0.25, -0.2) is 0 Å². The van der Waals surface area contributed by atoms with Crippen molar-refractivity contribution >= 4 is 17.5 Å². The van der Waals surface area contributed by atoms with Gasteiger partial charge in [0.05, 0.1) is 0 Å². The second-order valence-electron chi connectivity index (χ2n) is 7.72. The number of carbonyl (C=O) groups is 2. The van der Waals surface area contributed by atoms with Crippen LogP contribution in [0.15, 0.2) is 29.8 Å². The quantitative estimate of drug-likeness (QED) is 0.805. The van der Waals surface area contributed by atoms with Gasteiger partial charge in [0.1, 0.15) is 0 Å². The lowest BCUT2D eigenvalue weighted by Gasteiger charge is -2.32. The van der Waals surface area contributed by atoms with Gasteiger partial charge in [-0.1, -0.05) is 31.9 Å². The molecule has 2 amide bonds. The number of nitrogens with one attached hydrogen (secondary N) is 1. The first-order valence-corrected chi connectivity index (χ1v) is 8.78. The smallest absolute Gasteiger partial charge is 0.248 e. The van der Waals surface area contributed by atoms with Gasteiger partial charge in [-0.15, -0.1) is 0 Å². The molecule has 5 nitrogen and oxygen atoms in total. The molecule has 2 rings (SSSR count). The molecule has 0 atom stereocenters. The van der Waals surface area contributed by atoms with E-state index < -0.39 is 5.91 Å². The fourth-order valence-corrected chi connectivity index (χ4v) is 3.30. The van der Waals surface area contributed by atoms with E-state index in [9.17, 15) is 9.59 Å². The Kier molecular flexibility index (Phi) is 6.01. The van der Waals surface area contributed by atoms with Crippen LogP contribution in [0.5, 0.6) is 0 Å². The van der Waals surface area contributed by atoms with E-state index in [0.29, 0.717) is 17.8 Å². The van der Waals surface area contributed by atoms with E-state index in [2.05, 4.69) is 19.2 Å². The molecule has 1 aromatic carbocycles. The number of hydrogen-bond donors (Lipinski definition) is 2. The molecule has 0 aliphatic heterocycles. The molecule has 0 aromatic heterocycles. The third-order valence-electron chi connectivity index (χ3n) is 4.81. The van der Waals surface area contributed by atoms with Crippen LogP contribution in [0.4, 0.5) is 5.69 Å². The van der Waals surface area contributed by atoms with Gasteiger partial charge >= 0.3 is 0 Å². The lowest BCUT2D eigenvalue weighted by atomic mass is 9.73. The Labute approximate surface area is 150 Å². The maximum absolute atomic E-state index is 12.6. The summed E-state index contributed by atoms with van der Waals surface area (Å²) in [5.74, 6) is -0.648. The fourth-order valence-electron chi connectivity index (χ4n) is 3.30. The zero-order valence-corrected chi connectivity index (χ0v) is 15.7. The van der Waals surface area contributed by atoms with Crippen molar-refractivity contribution in [3.63, 3.8) is 0 Å². The molecule has 1 aliphatic carbocycles. The van der Waals surface area contributed by atoms with E-state index in [0.717, 1.165) is 24.8 Å². The molecule has 1 saturated carbocycles. The van der Waals surface area contributed by atoms with Crippen molar-refractivity contribution in [3.05, 3.63) is 41.0 Å². The maximum atomic E-state index is 12.6. The van der Waals surface area contributed by atoms with E-state index >= 15 is 0 Å². The van der Waals surface area contributed by atoms with Gasteiger partial charge in [-0.05, 0) is 56.5 Å². The van der Waals surface area contributed by atoms with Crippen LogP contribution in [-0.4, -0.2) is 30.8 Å². The molecule has 1 aromatic rings. The molecule has 0 saturated heterocycles. The number of hydrogen-bond acceptors (Lipinski definition) is 3. The largest absolute Gasteiger partial charge is 0.366 e. The van der Waals surface area contributed by atoms with Crippen LogP contribution < -0.4 is 11.1 Å². The van der Waals surface area contributed by atoms with Gasteiger partial charge in [-0.2, -0.15) is 0 Å². The summed E-state index contributed by atoms with van der Waals surface area (Å²) in [5, 5.41) is 2.95. The first-order chi connectivity index (χ1) is 11.7. The Morgan fingerprint density at radius 2 is 2.00 bits per heavy atom. The second kappa shape index (κ2) is 7.83. The van der Waals surface area contributed by atoms with Crippen molar-refractivity contribution in [1.82, 2.24) is 4.90 Å². The zero-order chi connectivity index (χ0) is 18.6. The van der Waals surface area contributed by atoms with Gasteiger partial charge in [0.2, 0.25) is 11.8 Å². The standard InChI is InChI=1S/C20H29N3O2/c1-20(2)10-6-5-7-16(20)12-18(24)22-17-11-14(19(21)25)8-9-15(17)13-23(3)4/h8-9,11-12H,5-7,10,13H2,1-4H3,(H2,21,25)(H,22,24). The molecule has 25 heavy (non-hydrogen) atoms. The topological polar surface area (TPSA) is 75.4 Å². The predicted molar refractivity (Wildman–Crippen MR) is 101 cm³/mol. The Morgan fingerprint density at radius 3 is 2.60 bits per heavy atom. The number of amides is 2. The molecule has 136 valence electrons. The Bertz CT molecular complexity index is 690. The van der Waals surface area contributed by atoms with Crippen LogP contribution in [-0.2, 0) is 11.3 Å². The molecule has 0 unspecified atom stereocenters. The second-order valence-corrected chi connectivity index (χ2v) is 7.72. The van der Waals surface area contributed by atoms with Crippen LogP contribution in [0.25, 0.3) is 0 Å². The van der Waals surface area contributed by atoms with Crippen molar-refractivity contribution in [2.75, 3.05) is 19.4 Å². The number of primary amides is 1. The highest BCUT2D eigenvalue weighted by Crippen LogP contribution is 2.39. The number of nitrogens with two attached hydrogens (primary N) is 1. The first kappa shape index (κ1) is 19.2. The van der Waals surface area contributed by atoms with Crippen molar-refractivity contribution < 1.29 is 9.59 Å². The van der Waals surface area contributed by atoms with E-state index in [1.807, 2.05) is 25.1 Å². The van der Waals surface area contributed by atoms with Gasteiger partial charge in [0.15, 0.2) is 0 Å². The lowest BCUT2D eigenvalue weighted by Crippen LogP contribution is -2.22. The molecule has 1 aliphatic rings. The van der Waals surface area contributed by atoms with Crippen molar-refractivity contribution in [2.45, 2.75) is 46.1 Å². The SMILES string of the molecule is CN(C)Cc1ccc(C(N)=O)cc1NC(=O)C=C1CCCCC1(C)C. The molecule has 0 spiro atoms. The molecular formula is C20H29N3O2. The van der Waals surface area contributed by atoms with Gasteiger partial charge in [-0.3, -0.25) is 9.59 Å². The predicted octanol–water partition coefficient (Wildman–Crippen LogP) is 3.31. The minimum absolute atomic E-state index is 0.0666. The minimum atomic E-state index is -0.501. The fraction of sp³-hybridized carbons (Fsp3) is 0.500. The molecule has 0 bridgehead atoms. The van der Waals surface area contributed by atoms with Crippen LogP contribution in [0.3, 0.4) is 0 Å². The van der Waals surface area contributed by atoms with E-state index in [1.165, 1.54) is 12.0 Å². The van der Waals surface area contributed by atoms with Gasteiger partial charge in [0.25, 0.3) is 0 Å². The van der Waals surface area contributed by atoms with Crippen LogP contribution in [0.2, 0.25) is 0 Å². The average Bonchev–Trinajstić information content (AvgIpc) is 2.50. The van der Waals surface area contributed by atoms with E-state index in [4.69, 9.17) is 5.73 Å². The molecular weight excluding hydrogens is 314 g/mol. The third-order valence-corrected chi connectivity index (χ3v) is 4.81. The molecule has 5 heteroatoms. The van der Waals surface area contributed by atoms with Crippen molar-refractivity contribution in [2.24, 2.45) is 11.1 Å². The monoisotopic (exact) mass is 343 g/mol. The summed E-state index contributed by atoms with van der Waals surface area (Å²) in [6.07, 6.45) is 6.14. The summed E-state index contributed by atoms with van der Waals surface area (Å²) in [4.78, 5) is 26.0. The highest BCUT2D eigenvalue weighted by atomic mass is 16.1. The average molecular weight is 343 g/mol. The number of nitrogens with zero attached hydrogens (tertiary/aromatic N) is 1. The highest BCUT2D eigenvalue weighted by Gasteiger charge is 2.27. The summed E-state index contributed by atoms with van der Waals surface area (Å²) in [6.45, 7) is 5.05. The first-order valence-electron chi connectivity index (χ1n) is 8.78. The maximum Gasteiger partial charge on any atom is 0.248 e. The number of rotatable bonds is 5. The summed E-state index contributed by atoms with van der Waals surface area (Å²) in [7, 11) is 3.92. The minimum Gasteiger partial charge on any atom is -0.366 e. The van der Waals surface area contributed by atoms with Crippen LogP contribution in [0.1, 0.15) is 55.5 Å². The number of carbonyl (C=O) groups excluding carboxylic acids is 2. The van der Waals surface area contributed by atoms with Crippen LogP contribution >= 0.6 is 0 Å². The number of benzene rings is 1. The van der Waals surface area contributed by atoms with Crippen LogP contribution in [0, 0.1) is 5.41 Å². The highest BCUT2D eigenvalue weighted by molar-refractivity contribution is 6.02.